The van der Waals surface area contributed by atoms with Crippen molar-refractivity contribution in [1.82, 2.24) is 0 Å². The van der Waals surface area contributed by atoms with Gasteiger partial charge in [0, 0.05) is 5.56 Å². The second-order valence-corrected chi connectivity index (χ2v) is 3.56. The second-order valence-electron chi connectivity index (χ2n) is 3.56. The molecule has 3 nitrogen and oxygen atoms in total. The molecule has 0 aromatic heterocycles. The number of hydrogen-bond acceptors (Lipinski definition) is 3. The molecule has 0 fully saturated rings. The highest BCUT2D eigenvalue weighted by molar-refractivity contribution is 5.84. The van der Waals surface area contributed by atoms with Crippen LogP contribution in [0.25, 0.3) is 11.1 Å². The molecule has 0 saturated carbocycles. The summed E-state index contributed by atoms with van der Waals surface area (Å²) in [5.74, 6) is -0.852. The fraction of sp³-hybridized carbons (Fsp3) is 0. The monoisotopic (exact) mass is 232 g/mol. The smallest absolute Gasteiger partial charge is 0.150 e. The Morgan fingerprint density at radius 1 is 1.00 bits per heavy atom. The molecule has 0 amide bonds. The van der Waals surface area contributed by atoms with Crippen molar-refractivity contribution >= 4 is 6.29 Å². The SMILES string of the molecule is O=Cc1cc(O)c(-c2ccc(F)cc2)c(O)c1. The number of carbonyl (C=O) groups excluding carboxylic acids is 1. The molecule has 2 N–H and O–H groups in total. The number of halogens is 1. The quantitative estimate of drug-likeness (QED) is 0.782. The maximum Gasteiger partial charge on any atom is 0.150 e. The third-order valence-electron chi connectivity index (χ3n) is 2.39. The largest absolute Gasteiger partial charge is 0.507 e. The van der Waals surface area contributed by atoms with Crippen LogP contribution in [0.3, 0.4) is 0 Å². The van der Waals surface area contributed by atoms with Crippen LogP contribution in [-0.2, 0) is 0 Å². The van der Waals surface area contributed by atoms with E-state index >= 15 is 0 Å². The van der Waals surface area contributed by atoms with Crippen LogP contribution in [0.2, 0.25) is 0 Å². The number of carbonyl (C=O) groups is 1. The Bertz CT molecular complexity index is 538. The van der Waals surface area contributed by atoms with E-state index in [0.29, 0.717) is 11.8 Å². The van der Waals surface area contributed by atoms with Gasteiger partial charge in [0.1, 0.15) is 23.6 Å². The first-order valence-corrected chi connectivity index (χ1v) is 4.89. The van der Waals surface area contributed by atoms with E-state index in [2.05, 4.69) is 0 Å². The van der Waals surface area contributed by atoms with E-state index in [0.717, 1.165) is 0 Å². The van der Waals surface area contributed by atoms with E-state index in [9.17, 15) is 19.4 Å². The van der Waals surface area contributed by atoms with Gasteiger partial charge >= 0.3 is 0 Å². The molecule has 0 atom stereocenters. The van der Waals surface area contributed by atoms with Crippen LogP contribution in [0.4, 0.5) is 4.39 Å². The highest BCUT2D eigenvalue weighted by Gasteiger charge is 2.11. The first-order chi connectivity index (χ1) is 8.11. The molecule has 2 aromatic carbocycles. The highest BCUT2D eigenvalue weighted by atomic mass is 19.1. The minimum absolute atomic E-state index is 0.172. The van der Waals surface area contributed by atoms with Gasteiger partial charge in [-0.1, -0.05) is 12.1 Å². The van der Waals surface area contributed by atoms with Crippen molar-refractivity contribution in [3.63, 3.8) is 0 Å². The van der Waals surface area contributed by atoms with E-state index in [4.69, 9.17) is 0 Å². The Labute approximate surface area is 96.8 Å². The third kappa shape index (κ3) is 2.10. The molecule has 0 aliphatic carbocycles. The van der Waals surface area contributed by atoms with Gasteiger partial charge in [0.15, 0.2) is 0 Å². The predicted octanol–water partition coefficient (Wildman–Crippen LogP) is 2.72. The molecular formula is C13H9FO3. The third-order valence-corrected chi connectivity index (χ3v) is 2.39. The number of hydrogen-bond donors (Lipinski definition) is 2. The number of aldehydes is 1. The lowest BCUT2D eigenvalue weighted by Gasteiger charge is -2.08. The lowest BCUT2D eigenvalue weighted by atomic mass is 10.0. The van der Waals surface area contributed by atoms with E-state index < -0.39 is 5.82 Å². The van der Waals surface area contributed by atoms with E-state index in [-0.39, 0.29) is 22.6 Å². The van der Waals surface area contributed by atoms with Crippen molar-refractivity contribution in [3.05, 3.63) is 47.8 Å². The molecule has 0 aliphatic rings. The van der Waals surface area contributed by atoms with Gasteiger partial charge in [-0.15, -0.1) is 0 Å². The van der Waals surface area contributed by atoms with Crippen LogP contribution in [0.1, 0.15) is 10.4 Å². The molecular weight excluding hydrogens is 223 g/mol. The Balaban J connectivity index is 2.59. The summed E-state index contributed by atoms with van der Waals surface area (Å²) in [6.07, 6.45) is 0.522. The first kappa shape index (κ1) is 11.1. The molecule has 2 aromatic rings. The van der Waals surface area contributed by atoms with Crippen LogP contribution >= 0.6 is 0 Å². The summed E-state index contributed by atoms with van der Waals surface area (Å²) in [6, 6.07) is 7.80. The maximum absolute atomic E-state index is 12.8. The molecule has 0 bridgehead atoms. The van der Waals surface area contributed by atoms with Crippen molar-refractivity contribution in [3.8, 4) is 22.6 Å². The summed E-state index contributed by atoms with van der Waals surface area (Å²) in [7, 11) is 0. The van der Waals surface area contributed by atoms with Crippen molar-refractivity contribution in [1.29, 1.82) is 0 Å². The zero-order valence-corrected chi connectivity index (χ0v) is 8.72. The van der Waals surface area contributed by atoms with Crippen LogP contribution in [0.15, 0.2) is 36.4 Å². The van der Waals surface area contributed by atoms with Crippen LogP contribution in [0, 0.1) is 5.82 Å². The van der Waals surface area contributed by atoms with Gasteiger partial charge in [0.25, 0.3) is 0 Å². The minimum Gasteiger partial charge on any atom is -0.507 e. The average Bonchev–Trinajstić information content (AvgIpc) is 2.30. The number of rotatable bonds is 2. The molecule has 0 radical (unpaired) electrons. The maximum atomic E-state index is 12.8. The van der Waals surface area contributed by atoms with Gasteiger partial charge in [-0.2, -0.15) is 0 Å². The van der Waals surface area contributed by atoms with Crippen molar-refractivity contribution in [2.45, 2.75) is 0 Å². The van der Waals surface area contributed by atoms with Crippen molar-refractivity contribution < 1.29 is 19.4 Å². The van der Waals surface area contributed by atoms with Gasteiger partial charge in [0.05, 0.1) is 5.56 Å². The summed E-state index contributed by atoms with van der Waals surface area (Å²) in [4.78, 5) is 10.5. The number of phenolic OH excluding ortho intramolecular Hbond substituents is 2. The van der Waals surface area contributed by atoms with E-state index in [1.165, 1.54) is 36.4 Å². The number of phenols is 2. The molecule has 0 unspecified atom stereocenters. The van der Waals surface area contributed by atoms with Gasteiger partial charge in [-0.3, -0.25) is 4.79 Å². The minimum atomic E-state index is -0.405. The summed E-state index contributed by atoms with van der Waals surface area (Å²) >= 11 is 0. The summed E-state index contributed by atoms with van der Waals surface area (Å²) in [5, 5.41) is 19.4. The lowest BCUT2D eigenvalue weighted by Crippen LogP contribution is -1.85. The Kier molecular flexibility index (Phi) is 2.78. The highest BCUT2D eigenvalue weighted by Crippen LogP contribution is 2.37. The van der Waals surface area contributed by atoms with Crippen LogP contribution < -0.4 is 0 Å². The molecule has 0 spiro atoms. The summed E-state index contributed by atoms with van der Waals surface area (Å²) in [5.41, 5.74) is 0.820. The molecule has 4 heteroatoms. The van der Waals surface area contributed by atoms with Crippen LogP contribution in [0.5, 0.6) is 11.5 Å². The Morgan fingerprint density at radius 3 is 2.00 bits per heavy atom. The van der Waals surface area contributed by atoms with Gasteiger partial charge < -0.3 is 10.2 Å². The molecule has 0 aliphatic heterocycles. The predicted molar refractivity (Wildman–Crippen MR) is 60.6 cm³/mol. The van der Waals surface area contributed by atoms with Crippen molar-refractivity contribution in [2.75, 3.05) is 0 Å². The standard InChI is InChI=1S/C13H9FO3/c14-10-3-1-9(2-4-10)13-11(16)5-8(7-15)6-12(13)17/h1-7,16-17H. The van der Waals surface area contributed by atoms with Gasteiger partial charge in [-0.25, -0.2) is 4.39 Å². The zero-order valence-electron chi connectivity index (χ0n) is 8.72. The topological polar surface area (TPSA) is 57.5 Å². The second kappa shape index (κ2) is 4.25. The van der Waals surface area contributed by atoms with E-state index in [1.54, 1.807) is 0 Å². The van der Waals surface area contributed by atoms with Crippen LogP contribution in [-0.4, -0.2) is 16.5 Å². The van der Waals surface area contributed by atoms with Gasteiger partial charge in [0.2, 0.25) is 0 Å². The molecule has 17 heavy (non-hydrogen) atoms. The number of aromatic hydroxyl groups is 2. The lowest BCUT2D eigenvalue weighted by molar-refractivity contribution is 0.112. The summed E-state index contributed by atoms with van der Waals surface area (Å²) < 4.78 is 12.8. The first-order valence-electron chi connectivity index (χ1n) is 4.89. The van der Waals surface area contributed by atoms with Crippen molar-refractivity contribution in [2.24, 2.45) is 0 Å². The molecule has 2 rings (SSSR count). The molecule has 86 valence electrons. The Hall–Kier alpha value is -2.36. The zero-order chi connectivity index (χ0) is 12.4. The molecule has 0 saturated heterocycles. The van der Waals surface area contributed by atoms with Gasteiger partial charge in [-0.05, 0) is 29.8 Å². The Morgan fingerprint density at radius 2 is 1.53 bits per heavy atom. The average molecular weight is 232 g/mol. The molecule has 0 heterocycles. The fourth-order valence-corrected chi connectivity index (χ4v) is 1.61. The van der Waals surface area contributed by atoms with E-state index in [1.807, 2.05) is 0 Å². The fourth-order valence-electron chi connectivity index (χ4n) is 1.61. The number of benzene rings is 2. The summed E-state index contributed by atoms with van der Waals surface area (Å²) in [6.45, 7) is 0. The normalized spacial score (nSPS) is 10.2.